The molecule has 0 spiro atoms. The number of rotatable bonds is 9. The molecule has 4 rings (SSSR count). The summed E-state index contributed by atoms with van der Waals surface area (Å²) in [6, 6.07) is 7.79. The lowest BCUT2D eigenvalue weighted by molar-refractivity contribution is -0.165. The fraction of sp³-hybridized carbons (Fsp3) is 0.519. The lowest BCUT2D eigenvalue weighted by atomic mass is 10.1. The summed E-state index contributed by atoms with van der Waals surface area (Å²) >= 11 is 0. The molecule has 1 aromatic carbocycles. The topological polar surface area (TPSA) is 183 Å². The Balaban J connectivity index is 0.000000378. The Kier molecular flexibility index (Phi) is 10.8. The first-order valence-corrected chi connectivity index (χ1v) is 13.2. The van der Waals surface area contributed by atoms with Crippen molar-refractivity contribution in [3.8, 4) is 5.69 Å². The van der Waals surface area contributed by atoms with E-state index in [0.717, 1.165) is 50.4 Å². The minimum absolute atomic E-state index is 0.104. The van der Waals surface area contributed by atoms with Crippen LogP contribution in [0.5, 0.6) is 0 Å². The summed E-state index contributed by atoms with van der Waals surface area (Å²) in [5.74, 6) is -3.80. The number of ether oxygens (including phenoxy) is 1. The zero-order chi connectivity index (χ0) is 29.4. The molecule has 1 aromatic heterocycles. The van der Waals surface area contributed by atoms with E-state index in [1.165, 1.54) is 19.0 Å². The molecule has 3 heterocycles. The van der Waals surface area contributed by atoms with Crippen molar-refractivity contribution in [2.24, 2.45) is 0 Å². The highest BCUT2D eigenvalue weighted by Gasteiger charge is 2.31. The lowest BCUT2D eigenvalue weighted by Crippen LogP contribution is -2.42. The van der Waals surface area contributed by atoms with Gasteiger partial charge in [-0.3, -0.25) is 4.79 Å². The number of hydrogen-bond acceptors (Lipinski definition) is 9. The molecule has 0 unspecified atom stereocenters. The number of aliphatic hydroxyl groups excluding tert-OH is 2. The van der Waals surface area contributed by atoms with Crippen molar-refractivity contribution in [3.63, 3.8) is 0 Å². The minimum Gasteiger partial charge on any atom is -0.479 e. The van der Waals surface area contributed by atoms with Gasteiger partial charge in [0.1, 0.15) is 5.56 Å². The van der Waals surface area contributed by atoms with Crippen LogP contribution < -0.4 is 0 Å². The van der Waals surface area contributed by atoms with Crippen molar-refractivity contribution in [1.82, 2.24) is 19.6 Å². The summed E-state index contributed by atoms with van der Waals surface area (Å²) in [7, 11) is 0. The normalized spacial score (nSPS) is 18.5. The van der Waals surface area contributed by atoms with Crippen LogP contribution in [0.15, 0.2) is 30.5 Å². The maximum atomic E-state index is 13.1. The van der Waals surface area contributed by atoms with E-state index < -0.39 is 24.1 Å². The van der Waals surface area contributed by atoms with Crippen molar-refractivity contribution in [3.05, 3.63) is 47.3 Å². The molecule has 0 bridgehead atoms. The molecule has 0 radical (unpaired) electrons. The molecule has 2 saturated heterocycles. The Morgan fingerprint density at radius 3 is 2.12 bits per heavy atom. The Morgan fingerprint density at radius 1 is 0.975 bits per heavy atom. The first kappa shape index (κ1) is 30.7. The second kappa shape index (κ2) is 14.0. The molecular formula is C27H36N4O9. The molecule has 13 heteroatoms. The second-order valence-corrected chi connectivity index (χ2v) is 9.69. The number of carbonyl (C=O) groups excluding carboxylic acids is 2. The third-order valence-electron chi connectivity index (χ3n) is 6.97. The van der Waals surface area contributed by atoms with E-state index in [1.54, 1.807) is 11.6 Å². The molecule has 0 saturated carbocycles. The number of amides is 1. The Labute approximate surface area is 231 Å². The summed E-state index contributed by atoms with van der Waals surface area (Å²) in [6.07, 6.45) is 1.70. The summed E-state index contributed by atoms with van der Waals surface area (Å²) < 4.78 is 6.78. The van der Waals surface area contributed by atoms with Gasteiger partial charge in [0.2, 0.25) is 0 Å². The highest BCUT2D eigenvalue weighted by Crippen LogP contribution is 2.23. The number of carboxylic acid groups (broad SMARTS) is 2. The van der Waals surface area contributed by atoms with Crippen LogP contribution >= 0.6 is 0 Å². The number of aromatic nitrogens is 2. The summed E-state index contributed by atoms with van der Waals surface area (Å²) in [6.45, 7) is 8.09. The van der Waals surface area contributed by atoms with Gasteiger partial charge in [-0.05, 0) is 76.9 Å². The third-order valence-corrected chi connectivity index (χ3v) is 6.97. The molecule has 1 amide bonds. The van der Waals surface area contributed by atoms with Crippen LogP contribution in [0.4, 0.5) is 0 Å². The Hall–Kier alpha value is -3.81. The Bertz CT molecular complexity index is 1170. The standard InChI is InChI=1S/C23H30N4O3.C4H6O6/c1-3-30-23(29)21-15-24-27(17(21)2)19-10-8-18(9-11-19)22(28)26-14-6-7-20(26)16-25-12-4-5-13-25;5-1(3(7)8)2(6)4(9)10/h8-11,15,20H,3-7,12-14,16H2,1-2H3;1-2,5-6H,(H,7,8)(H,9,10)/t20-;1-,2-/m01/s1. The van der Waals surface area contributed by atoms with Crippen LogP contribution in [0.2, 0.25) is 0 Å². The van der Waals surface area contributed by atoms with Crippen LogP contribution in [0.25, 0.3) is 5.69 Å². The number of aliphatic carboxylic acids is 2. The smallest absolute Gasteiger partial charge is 0.341 e. The van der Waals surface area contributed by atoms with E-state index in [1.807, 2.05) is 36.1 Å². The van der Waals surface area contributed by atoms with Crippen molar-refractivity contribution in [2.75, 3.05) is 32.8 Å². The summed E-state index contributed by atoms with van der Waals surface area (Å²) in [5, 5.41) is 36.9. The van der Waals surface area contributed by atoms with Gasteiger partial charge in [-0.1, -0.05) is 0 Å². The molecule has 13 nitrogen and oxygen atoms in total. The van der Waals surface area contributed by atoms with Crippen LogP contribution in [-0.4, -0.2) is 115 Å². The van der Waals surface area contributed by atoms with Gasteiger partial charge < -0.3 is 35.0 Å². The first-order chi connectivity index (χ1) is 19.0. The average Bonchev–Trinajstić information content (AvgIpc) is 3.70. The first-order valence-electron chi connectivity index (χ1n) is 13.2. The molecule has 2 aromatic rings. The number of aliphatic hydroxyl groups is 2. The van der Waals surface area contributed by atoms with Crippen molar-refractivity contribution in [1.29, 1.82) is 0 Å². The fourth-order valence-corrected chi connectivity index (χ4v) is 4.82. The number of likely N-dealkylation sites (tertiary alicyclic amines) is 2. The number of benzene rings is 1. The van der Waals surface area contributed by atoms with E-state index >= 15 is 0 Å². The van der Waals surface area contributed by atoms with Gasteiger partial charge in [-0.25, -0.2) is 19.1 Å². The third kappa shape index (κ3) is 7.43. The van der Waals surface area contributed by atoms with Crippen molar-refractivity contribution >= 4 is 23.8 Å². The quantitative estimate of drug-likeness (QED) is 0.320. The summed E-state index contributed by atoms with van der Waals surface area (Å²) in [5.41, 5.74) is 2.69. The van der Waals surface area contributed by atoms with Crippen LogP contribution in [-0.2, 0) is 14.3 Å². The molecule has 2 fully saturated rings. The number of carboxylic acids is 2. The molecule has 218 valence electrons. The lowest BCUT2D eigenvalue weighted by Gasteiger charge is -2.28. The predicted molar refractivity (Wildman–Crippen MR) is 141 cm³/mol. The van der Waals surface area contributed by atoms with E-state index in [0.29, 0.717) is 23.8 Å². The van der Waals surface area contributed by atoms with Gasteiger partial charge >= 0.3 is 17.9 Å². The van der Waals surface area contributed by atoms with E-state index in [-0.39, 0.29) is 11.9 Å². The van der Waals surface area contributed by atoms with Crippen LogP contribution in [0.1, 0.15) is 59.0 Å². The number of esters is 1. The largest absolute Gasteiger partial charge is 0.479 e. The maximum Gasteiger partial charge on any atom is 0.341 e. The zero-order valence-corrected chi connectivity index (χ0v) is 22.6. The number of carbonyl (C=O) groups is 4. The maximum absolute atomic E-state index is 13.1. The van der Waals surface area contributed by atoms with Crippen LogP contribution in [0.3, 0.4) is 0 Å². The van der Waals surface area contributed by atoms with Gasteiger partial charge in [0.05, 0.1) is 24.2 Å². The molecule has 4 N–H and O–H groups in total. The monoisotopic (exact) mass is 560 g/mol. The van der Waals surface area contributed by atoms with E-state index in [4.69, 9.17) is 25.2 Å². The molecule has 3 atom stereocenters. The molecular weight excluding hydrogens is 524 g/mol. The fourth-order valence-electron chi connectivity index (χ4n) is 4.82. The predicted octanol–water partition coefficient (Wildman–Crippen LogP) is 0.935. The minimum atomic E-state index is -2.27. The second-order valence-electron chi connectivity index (χ2n) is 9.69. The molecule has 0 aliphatic carbocycles. The number of hydrogen-bond donors (Lipinski definition) is 4. The van der Waals surface area contributed by atoms with Gasteiger partial charge in [0, 0.05) is 24.7 Å². The Morgan fingerprint density at radius 2 is 1.57 bits per heavy atom. The van der Waals surface area contributed by atoms with E-state index in [2.05, 4.69) is 10.00 Å². The van der Waals surface area contributed by atoms with Gasteiger partial charge in [-0.15, -0.1) is 0 Å². The number of nitrogens with zero attached hydrogens (tertiary/aromatic N) is 4. The highest BCUT2D eigenvalue weighted by molar-refractivity contribution is 5.95. The average molecular weight is 561 g/mol. The molecule has 2 aliphatic rings. The van der Waals surface area contributed by atoms with Gasteiger partial charge in [0.15, 0.2) is 12.2 Å². The van der Waals surface area contributed by atoms with Crippen LogP contribution in [0, 0.1) is 6.92 Å². The highest BCUT2D eigenvalue weighted by atomic mass is 16.5. The molecule has 40 heavy (non-hydrogen) atoms. The molecule has 2 aliphatic heterocycles. The summed E-state index contributed by atoms with van der Waals surface area (Å²) in [4.78, 5) is 49.2. The SMILES string of the molecule is CCOC(=O)c1cnn(-c2ccc(C(=O)N3CCC[C@H]3CN3CCCC3)cc2)c1C.O=C(O)[C@H](O)[C@@H](O)C(=O)O. The zero-order valence-electron chi connectivity index (χ0n) is 22.6. The van der Waals surface area contributed by atoms with Gasteiger partial charge in [-0.2, -0.15) is 5.10 Å². The van der Waals surface area contributed by atoms with Crippen molar-refractivity contribution in [2.45, 2.75) is 57.8 Å². The van der Waals surface area contributed by atoms with Gasteiger partial charge in [0.25, 0.3) is 5.91 Å². The van der Waals surface area contributed by atoms with Crippen molar-refractivity contribution < 1.29 is 44.3 Å². The van der Waals surface area contributed by atoms with E-state index in [9.17, 15) is 19.2 Å².